The Hall–Kier alpha value is -1.72. The summed E-state index contributed by atoms with van der Waals surface area (Å²) in [6.45, 7) is 0. The predicted octanol–water partition coefficient (Wildman–Crippen LogP) is 4.87. The first kappa shape index (κ1) is 18.6. The summed E-state index contributed by atoms with van der Waals surface area (Å²) in [5.74, 6) is 0. The van der Waals surface area contributed by atoms with Crippen molar-refractivity contribution in [1.82, 2.24) is 0 Å². The third kappa shape index (κ3) is 3.84. The van der Waals surface area contributed by atoms with Gasteiger partial charge < -0.3 is 0 Å². The van der Waals surface area contributed by atoms with Crippen LogP contribution in [0.5, 0.6) is 0 Å². The zero-order chi connectivity index (χ0) is 18.0. The summed E-state index contributed by atoms with van der Waals surface area (Å²) in [5.41, 5.74) is 0.128. The van der Waals surface area contributed by atoms with Crippen molar-refractivity contribution in [3.63, 3.8) is 0 Å². The van der Waals surface area contributed by atoms with Gasteiger partial charge in [-0.05, 0) is 70.2 Å². The van der Waals surface area contributed by atoms with Gasteiger partial charge in [-0.25, -0.2) is 0 Å². The van der Waals surface area contributed by atoms with E-state index < -0.39 is 21.0 Å². The van der Waals surface area contributed by atoms with Gasteiger partial charge in [-0.2, -0.15) is 0 Å². The Labute approximate surface area is 156 Å². The van der Waals surface area contributed by atoms with E-state index in [0.29, 0.717) is 5.56 Å². The summed E-state index contributed by atoms with van der Waals surface area (Å²) in [4.78, 5) is 46.3. The Bertz CT molecular complexity index is 854. The molecule has 2 aromatic carbocycles. The molecule has 0 bridgehead atoms. The van der Waals surface area contributed by atoms with Crippen LogP contribution >= 0.6 is 46.4 Å². The van der Waals surface area contributed by atoms with E-state index >= 15 is 0 Å². The molecule has 0 aliphatic carbocycles. The summed E-state index contributed by atoms with van der Waals surface area (Å²) < 4.78 is 0. The Morgan fingerprint density at radius 1 is 0.625 bits per heavy atom. The number of hydrogen-bond acceptors (Lipinski definition) is 4. The molecule has 0 atom stereocenters. The van der Waals surface area contributed by atoms with E-state index in [9.17, 15) is 19.2 Å². The molecule has 0 aliphatic rings. The first-order valence-electron chi connectivity index (χ1n) is 6.30. The molecule has 0 spiro atoms. The average molecular weight is 404 g/mol. The molecule has 0 heterocycles. The average Bonchev–Trinajstić information content (AvgIpc) is 2.53. The van der Waals surface area contributed by atoms with Gasteiger partial charge in [-0.1, -0.05) is 18.2 Å². The lowest BCUT2D eigenvalue weighted by molar-refractivity contribution is 0.107. The molecule has 122 valence electrons. The first-order chi connectivity index (χ1) is 11.2. The van der Waals surface area contributed by atoms with Crippen LogP contribution in [0.4, 0.5) is 0 Å². The smallest absolute Gasteiger partial charge is 0.253 e. The van der Waals surface area contributed by atoms with Crippen LogP contribution in [-0.2, 0) is 0 Å². The van der Waals surface area contributed by atoms with Crippen molar-refractivity contribution in [2.24, 2.45) is 0 Å². The highest BCUT2D eigenvalue weighted by Gasteiger charge is 2.22. The lowest BCUT2D eigenvalue weighted by Gasteiger charge is -2.13. The summed E-state index contributed by atoms with van der Waals surface area (Å²) in [5, 5.41) is -3.45. The number of benzene rings is 2. The third-order valence-electron chi connectivity index (χ3n) is 3.17. The minimum absolute atomic E-state index is 0.0800. The minimum Gasteiger partial charge on any atom is -0.276 e. The fourth-order valence-corrected chi connectivity index (χ4v) is 2.70. The van der Waals surface area contributed by atoms with Crippen molar-refractivity contribution in [2.75, 3.05) is 0 Å². The monoisotopic (exact) mass is 402 g/mol. The van der Waals surface area contributed by atoms with Gasteiger partial charge in [0.1, 0.15) is 0 Å². The molecule has 0 fully saturated rings. The molecule has 2 rings (SSSR count). The lowest BCUT2D eigenvalue weighted by Crippen LogP contribution is -2.06. The molecule has 0 saturated heterocycles. The van der Waals surface area contributed by atoms with Crippen LogP contribution in [0.25, 0.3) is 11.1 Å². The minimum atomic E-state index is -0.925. The van der Waals surface area contributed by atoms with E-state index in [1.54, 1.807) is 0 Å². The van der Waals surface area contributed by atoms with Gasteiger partial charge in [-0.3, -0.25) is 19.2 Å². The fraction of sp³-hybridized carbons (Fsp3) is 0. The molecule has 0 amide bonds. The molecule has 0 radical (unpaired) electrons. The van der Waals surface area contributed by atoms with Crippen molar-refractivity contribution >= 4 is 67.4 Å². The van der Waals surface area contributed by atoms with Gasteiger partial charge >= 0.3 is 0 Å². The highest BCUT2D eigenvalue weighted by atomic mass is 35.5. The normalized spacial score (nSPS) is 10.3. The van der Waals surface area contributed by atoms with Gasteiger partial charge in [-0.15, -0.1) is 0 Å². The molecule has 0 unspecified atom stereocenters. The second kappa shape index (κ2) is 7.45. The van der Waals surface area contributed by atoms with Gasteiger partial charge in [0, 0.05) is 27.8 Å². The molecule has 0 aromatic heterocycles. The van der Waals surface area contributed by atoms with Crippen LogP contribution in [0, 0.1) is 0 Å². The molecule has 0 saturated carbocycles. The van der Waals surface area contributed by atoms with Gasteiger partial charge in [0.25, 0.3) is 21.0 Å². The number of halogens is 4. The SMILES string of the molecule is O=C(Cl)c1cccc(-c2c(C(=O)Cl)cc(C(=O)Cl)cc2C(=O)Cl)c1. The number of carbonyl (C=O) groups excluding carboxylic acids is 4. The molecule has 2 aromatic rings. The van der Waals surface area contributed by atoms with Crippen LogP contribution in [0.15, 0.2) is 36.4 Å². The van der Waals surface area contributed by atoms with E-state index in [1.165, 1.54) is 24.3 Å². The van der Waals surface area contributed by atoms with Crippen LogP contribution in [0.3, 0.4) is 0 Å². The number of hydrogen-bond donors (Lipinski definition) is 0. The van der Waals surface area contributed by atoms with Crippen molar-refractivity contribution in [1.29, 1.82) is 0 Å². The van der Waals surface area contributed by atoms with E-state index in [-0.39, 0.29) is 27.8 Å². The fourth-order valence-electron chi connectivity index (χ4n) is 2.17. The van der Waals surface area contributed by atoms with Crippen molar-refractivity contribution in [3.05, 3.63) is 58.7 Å². The van der Waals surface area contributed by atoms with E-state index in [4.69, 9.17) is 46.4 Å². The number of carbonyl (C=O) groups is 4. The maximum Gasteiger partial charge on any atom is 0.253 e. The Balaban J connectivity index is 2.88. The van der Waals surface area contributed by atoms with Crippen LogP contribution in [0.1, 0.15) is 41.4 Å². The zero-order valence-corrected chi connectivity index (χ0v) is 14.6. The third-order valence-corrected chi connectivity index (χ3v) is 4.01. The summed E-state index contributed by atoms with van der Waals surface area (Å²) in [7, 11) is 0. The van der Waals surface area contributed by atoms with Gasteiger partial charge in [0.2, 0.25) is 0 Å². The summed E-state index contributed by atoms with van der Waals surface area (Å²) >= 11 is 22.0. The Morgan fingerprint density at radius 2 is 1.12 bits per heavy atom. The van der Waals surface area contributed by atoms with E-state index in [2.05, 4.69) is 0 Å². The molecule has 8 heteroatoms. The van der Waals surface area contributed by atoms with Crippen molar-refractivity contribution < 1.29 is 19.2 Å². The second-order valence-electron chi connectivity index (χ2n) is 4.62. The van der Waals surface area contributed by atoms with E-state index in [1.807, 2.05) is 0 Å². The quantitative estimate of drug-likeness (QED) is 0.667. The maximum absolute atomic E-state index is 11.8. The van der Waals surface area contributed by atoms with Crippen molar-refractivity contribution in [3.8, 4) is 11.1 Å². The van der Waals surface area contributed by atoms with Crippen LogP contribution in [-0.4, -0.2) is 21.0 Å². The Kier molecular flexibility index (Phi) is 5.78. The number of rotatable bonds is 5. The molecule has 24 heavy (non-hydrogen) atoms. The Morgan fingerprint density at radius 3 is 1.54 bits per heavy atom. The standard InChI is InChI=1S/C16H6Cl4O4/c17-13(21)8-3-1-2-7(4-8)12-10(15(19)23)5-9(14(18)22)6-11(12)16(20)24/h1-6H. The molecule has 0 N–H and O–H groups in total. The molecular weight excluding hydrogens is 398 g/mol. The highest BCUT2D eigenvalue weighted by Crippen LogP contribution is 2.33. The summed E-state index contributed by atoms with van der Waals surface area (Å²) in [6.07, 6.45) is 0. The summed E-state index contributed by atoms with van der Waals surface area (Å²) in [6, 6.07) is 8.18. The van der Waals surface area contributed by atoms with Gasteiger partial charge in [0.05, 0.1) is 0 Å². The molecule has 0 aliphatic heterocycles. The largest absolute Gasteiger partial charge is 0.276 e. The first-order valence-corrected chi connectivity index (χ1v) is 7.81. The second-order valence-corrected chi connectivity index (χ2v) is 6.00. The highest BCUT2D eigenvalue weighted by molar-refractivity contribution is 6.71. The van der Waals surface area contributed by atoms with Crippen LogP contribution in [0.2, 0.25) is 0 Å². The topological polar surface area (TPSA) is 68.3 Å². The predicted molar refractivity (Wildman–Crippen MR) is 92.6 cm³/mol. The lowest BCUT2D eigenvalue weighted by atomic mass is 9.92. The van der Waals surface area contributed by atoms with Crippen LogP contribution < -0.4 is 0 Å². The van der Waals surface area contributed by atoms with Gasteiger partial charge in [0.15, 0.2) is 0 Å². The van der Waals surface area contributed by atoms with Crippen molar-refractivity contribution in [2.45, 2.75) is 0 Å². The maximum atomic E-state index is 11.8. The van der Waals surface area contributed by atoms with E-state index in [0.717, 1.165) is 12.1 Å². The zero-order valence-electron chi connectivity index (χ0n) is 11.6. The molecule has 4 nitrogen and oxygen atoms in total. The molecular formula is C16H6Cl4O4.